The first-order valence-electron chi connectivity index (χ1n) is 7.47. The van der Waals surface area contributed by atoms with E-state index in [1.165, 1.54) is 0 Å². The number of carbonyl (C=O) groups excluding carboxylic acids is 2. The molecule has 1 aliphatic heterocycles. The van der Waals surface area contributed by atoms with Gasteiger partial charge in [-0.1, -0.05) is 6.07 Å². The number of benzene rings is 1. The SMILES string of the molecule is Cc1ccc(NC(=O)CCC2CCNCC2)cc1C(N)=O. The Bertz CT molecular complexity index is 522. The number of anilines is 1. The zero-order valence-electron chi connectivity index (χ0n) is 12.4. The lowest BCUT2D eigenvalue weighted by atomic mass is 9.93. The Morgan fingerprint density at radius 1 is 1.33 bits per heavy atom. The molecule has 1 aromatic carbocycles. The van der Waals surface area contributed by atoms with E-state index in [0.717, 1.165) is 37.9 Å². The van der Waals surface area contributed by atoms with Crippen LogP contribution in [0.5, 0.6) is 0 Å². The first-order valence-corrected chi connectivity index (χ1v) is 7.47. The maximum atomic E-state index is 12.0. The average molecular weight is 289 g/mol. The predicted octanol–water partition coefficient (Wildman–Crippen LogP) is 1.81. The number of carbonyl (C=O) groups is 2. The monoisotopic (exact) mass is 289 g/mol. The van der Waals surface area contributed by atoms with E-state index in [1.807, 2.05) is 6.92 Å². The second-order valence-electron chi connectivity index (χ2n) is 5.67. The molecule has 1 aliphatic rings. The van der Waals surface area contributed by atoms with Crippen LogP contribution in [-0.4, -0.2) is 24.9 Å². The third kappa shape index (κ3) is 4.56. The number of piperidine rings is 1. The smallest absolute Gasteiger partial charge is 0.249 e. The molecule has 21 heavy (non-hydrogen) atoms. The topological polar surface area (TPSA) is 84.2 Å². The zero-order chi connectivity index (χ0) is 15.2. The van der Waals surface area contributed by atoms with Gasteiger partial charge in [-0.15, -0.1) is 0 Å². The van der Waals surface area contributed by atoms with E-state index >= 15 is 0 Å². The highest BCUT2D eigenvalue weighted by molar-refractivity contribution is 5.97. The van der Waals surface area contributed by atoms with Crippen LogP contribution in [0.2, 0.25) is 0 Å². The largest absolute Gasteiger partial charge is 0.366 e. The molecule has 0 aliphatic carbocycles. The summed E-state index contributed by atoms with van der Waals surface area (Å²) in [6, 6.07) is 5.23. The molecule has 0 spiro atoms. The Morgan fingerprint density at radius 2 is 2.05 bits per heavy atom. The van der Waals surface area contributed by atoms with Crippen molar-refractivity contribution in [3.05, 3.63) is 29.3 Å². The minimum Gasteiger partial charge on any atom is -0.366 e. The van der Waals surface area contributed by atoms with Crippen LogP contribution in [0.3, 0.4) is 0 Å². The lowest BCUT2D eigenvalue weighted by molar-refractivity contribution is -0.116. The number of nitrogens with two attached hydrogens (primary N) is 1. The normalized spacial score (nSPS) is 15.7. The van der Waals surface area contributed by atoms with Crippen LogP contribution in [-0.2, 0) is 4.79 Å². The van der Waals surface area contributed by atoms with Crippen molar-refractivity contribution in [2.24, 2.45) is 11.7 Å². The van der Waals surface area contributed by atoms with Crippen molar-refractivity contribution >= 4 is 17.5 Å². The van der Waals surface area contributed by atoms with E-state index in [9.17, 15) is 9.59 Å². The maximum Gasteiger partial charge on any atom is 0.249 e. The molecule has 1 saturated heterocycles. The number of hydrogen-bond donors (Lipinski definition) is 3. The maximum absolute atomic E-state index is 12.0. The summed E-state index contributed by atoms with van der Waals surface area (Å²) in [5.74, 6) is 0.155. The summed E-state index contributed by atoms with van der Waals surface area (Å²) in [5, 5.41) is 6.16. The molecule has 0 radical (unpaired) electrons. The second kappa shape index (κ2) is 7.22. The molecule has 1 fully saturated rings. The van der Waals surface area contributed by atoms with Gasteiger partial charge >= 0.3 is 0 Å². The molecule has 0 saturated carbocycles. The Balaban J connectivity index is 1.87. The Kier molecular flexibility index (Phi) is 5.33. The van der Waals surface area contributed by atoms with Crippen LogP contribution in [0.1, 0.15) is 41.6 Å². The minimum atomic E-state index is -0.474. The van der Waals surface area contributed by atoms with Gasteiger partial charge < -0.3 is 16.4 Å². The average Bonchev–Trinajstić information content (AvgIpc) is 2.48. The molecular weight excluding hydrogens is 266 g/mol. The van der Waals surface area contributed by atoms with Gasteiger partial charge in [-0.25, -0.2) is 0 Å². The fourth-order valence-electron chi connectivity index (χ4n) is 2.69. The van der Waals surface area contributed by atoms with Crippen LogP contribution in [0.15, 0.2) is 18.2 Å². The van der Waals surface area contributed by atoms with Crippen LogP contribution >= 0.6 is 0 Å². The van der Waals surface area contributed by atoms with Gasteiger partial charge in [-0.2, -0.15) is 0 Å². The Labute approximate surface area is 125 Å². The molecule has 1 aromatic rings. The molecule has 0 atom stereocenters. The molecule has 114 valence electrons. The second-order valence-corrected chi connectivity index (χ2v) is 5.67. The Morgan fingerprint density at radius 3 is 2.71 bits per heavy atom. The fraction of sp³-hybridized carbons (Fsp3) is 0.500. The van der Waals surface area contributed by atoms with Crippen molar-refractivity contribution < 1.29 is 9.59 Å². The number of aryl methyl sites for hydroxylation is 1. The van der Waals surface area contributed by atoms with Gasteiger partial charge in [0.05, 0.1) is 0 Å². The van der Waals surface area contributed by atoms with Gasteiger partial charge in [0.15, 0.2) is 0 Å². The van der Waals surface area contributed by atoms with E-state index in [-0.39, 0.29) is 5.91 Å². The number of hydrogen-bond acceptors (Lipinski definition) is 3. The molecule has 5 heteroatoms. The van der Waals surface area contributed by atoms with Gasteiger partial charge in [0.1, 0.15) is 0 Å². The van der Waals surface area contributed by atoms with E-state index in [1.54, 1.807) is 18.2 Å². The quantitative estimate of drug-likeness (QED) is 0.773. The third-order valence-electron chi connectivity index (χ3n) is 4.03. The summed E-state index contributed by atoms with van der Waals surface area (Å²) in [6.07, 6.45) is 3.72. The number of amides is 2. The minimum absolute atomic E-state index is 0.00666. The van der Waals surface area contributed by atoms with Crippen molar-refractivity contribution in [3.63, 3.8) is 0 Å². The summed E-state index contributed by atoms with van der Waals surface area (Å²) >= 11 is 0. The standard InChI is InChI=1S/C16H23N3O2/c1-11-2-4-13(10-14(11)16(17)21)19-15(20)5-3-12-6-8-18-9-7-12/h2,4,10,12,18H,3,5-9H2,1H3,(H2,17,21)(H,19,20). The molecule has 1 heterocycles. The highest BCUT2D eigenvalue weighted by atomic mass is 16.2. The first-order chi connectivity index (χ1) is 10.1. The zero-order valence-corrected chi connectivity index (χ0v) is 12.4. The third-order valence-corrected chi connectivity index (χ3v) is 4.03. The molecule has 0 unspecified atom stereocenters. The lowest BCUT2D eigenvalue weighted by Crippen LogP contribution is -2.28. The predicted molar refractivity (Wildman–Crippen MR) is 83.2 cm³/mol. The summed E-state index contributed by atoms with van der Waals surface area (Å²) in [4.78, 5) is 23.3. The lowest BCUT2D eigenvalue weighted by Gasteiger charge is -2.22. The van der Waals surface area contributed by atoms with Gasteiger partial charge in [0, 0.05) is 17.7 Å². The van der Waals surface area contributed by atoms with Crippen molar-refractivity contribution in [3.8, 4) is 0 Å². The van der Waals surface area contributed by atoms with E-state index in [2.05, 4.69) is 10.6 Å². The van der Waals surface area contributed by atoms with E-state index in [0.29, 0.717) is 23.6 Å². The van der Waals surface area contributed by atoms with Crippen molar-refractivity contribution in [2.45, 2.75) is 32.6 Å². The van der Waals surface area contributed by atoms with Crippen molar-refractivity contribution in [1.29, 1.82) is 0 Å². The summed E-state index contributed by atoms with van der Waals surface area (Å²) in [6.45, 7) is 3.92. The van der Waals surface area contributed by atoms with E-state index < -0.39 is 5.91 Å². The fourth-order valence-corrected chi connectivity index (χ4v) is 2.69. The first kappa shape index (κ1) is 15.5. The molecule has 2 amide bonds. The number of nitrogens with one attached hydrogen (secondary N) is 2. The number of primary amides is 1. The number of rotatable bonds is 5. The van der Waals surface area contributed by atoms with Crippen LogP contribution < -0.4 is 16.4 Å². The highest BCUT2D eigenvalue weighted by Crippen LogP contribution is 2.19. The molecular formula is C16H23N3O2. The summed E-state index contributed by atoms with van der Waals surface area (Å²) < 4.78 is 0. The van der Waals surface area contributed by atoms with Crippen molar-refractivity contribution in [2.75, 3.05) is 18.4 Å². The molecule has 5 nitrogen and oxygen atoms in total. The summed E-state index contributed by atoms with van der Waals surface area (Å²) in [7, 11) is 0. The van der Waals surface area contributed by atoms with Crippen LogP contribution in [0.4, 0.5) is 5.69 Å². The summed E-state index contributed by atoms with van der Waals surface area (Å²) in [5.41, 5.74) is 7.21. The highest BCUT2D eigenvalue weighted by Gasteiger charge is 2.15. The van der Waals surface area contributed by atoms with Gasteiger partial charge in [-0.05, 0) is 62.9 Å². The molecule has 0 aromatic heterocycles. The van der Waals surface area contributed by atoms with Crippen LogP contribution in [0.25, 0.3) is 0 Å². The molecule has 4 N–H and O–H groups in total. The molecule has 0 bridgehead atoms. The van der Waals surface area contributed by atoms with Gasteiger partial charge in [0.25, 0.3) is 0 Å². The molecule has 2 rings (SSSR count). The van der Waals surface area contributed by atoms with Crippen LogP contribution in [0, 0.1) is 12.8 Å². The van der Waals surface area contributed by atoms with E-state index in [4.69, 9.17) is 5.73 Å². The van der Waals surface area contributed by atoms with Gasteiger partial charge in [-0.3, -0.25) is 9.59 Å². The van der Waals surface area contributed by atoms with Gasteiger partial charge in [0.2, 0.25) is 11.8 Å². The Hall–Kier alpha value is -1.88. The van der Waals surface area contributed by atoms with Crippen molar-refractivity contribution in [1.82, 2.24) is 5.32 Å².